The topological polar surface area (TPSA) is 164 Å². The summed E-state index contributed by atoms with van der Waals surface area (Å²) in [5.74, 6) is -2.65. The van der Waals surface area contributed by atoms with E-state index in [0.717, 1.165) is 31.7 Å². The van der Waals surface area contributed by atoms with Crippen molar-refractivity contribution in [2.45, 2.75) is 22.6 Å². The zero-order valence-electron chi connectivity index (χ0n) is 24.2. The van der Waals surface area contributed by atoms with Gasteiger partial charge in [-0.05, 0) is 66.1 Å². The van der Waals surface area contributed by atoms with Crippen molar-refractivity contribution in [2.24, 2.45) is 29.6 Å². The van der Waals surface area contributed by atoms with Gasteiger partial charge in [0.15, 0.2) is 18.1 Å². The van der Waals surface area contributed by atoms with Crippen molar-refractivity contribution in [3.63, 3.8) is 0 Å². The van der Waals surface area contributed by atoms with Crippen molar-refractivity contribution in [2.75, 3.05) is 32.7 Å². The molecule has 2 aliphatic carbocycles. The lowest BCUT2D eigenvalue weighted by atomic mass is 9.68. The number of carboxylic acids is 1. The Kier molecular flexibility index (Phi) is 7.35. The Morgan fingerprint density at radius 3 is 2.42 bits per heavy atom. The number of ether oxygens (including phenoxy) is 3. The number of rotatable bonds is 9. The van der Waals surface area contributed by atoms with Crippen LogP contribution >= 0.6 is 23.1 Å². The molecule has 0 spiro atoms. The average molecular weight is 652 g/mol. The summed E-state index contributed by atoms with van der Waals surface area (Å²) in [6.07, 6.45) is 0.688. The van der Waals surface area contributed by atoms with E-state index in [1.165, 1.54) is 7.11 Å². The highest BCUT2D eigenvalue weighted by Crippen LogP contribution is 2.68. The lowest BCUT2D eigenvalue weighted by molar-refractivity contribution is -0.149. The van der Waals surface area contributed by atoms with E-state index in [0.29, 0.717) is 29.4 Å². The van der Waals surface area contributed by atoms with Gasteiger partial charge >= 0.3 is 10.8 Å². The lowest BCUT2D eigenvalue weighted by Crippen LogP contribution is -2.42. The van der Waals surface area contributed by atoms with Gasteiger partial charge in [0.05, 0.1) is 31.1 Å². The van der Waals surface area contributed by atoms with Gasteiger partial charge in [0.25, 0.3) is 5.91 Å². The van der Waals surface area contributed by atoms with E-state index in [2.05, 4.69) is 10.3 Å². The van der Waals surface area contributed by atoms with E-state index in [-0.39, 0.29) is 46.3 Å². The van der Waals surface area contributed by atoms with Gasteiger partial charge in [-0.3, -0.25) is 28.9 Å². The maximum atomic E-state index is 13.4. The fourth-order valence-corrected chi connectivity index (χ4v) is 10.6. The van der Waals surface area contributed by atoms with E-state index >= 15 is 0 Å². The van der Waals surface area contributed by atoms with Gasteiger partial charge < -0.3 is 29.6 Å². The summed E-state index contributed by atoms with van der Waals surface area (Å²) >= 11 is 2.69. The van der Waals surface area contributed by atoms with Crippen LogP contribution in [0.15, 0.2) is 52.3 Å². The van der Waals surface area contributed by atoms with Gasteiger partial charge in [-0.1, -0.05) is 17.4 Å². The molecule has 1 saturated heterocycles. The molecule has 3 aromatic rings. The molecule has 1 aromatic heterocycles. The highest BCUT2D eigenvalue weighted by atomic mass is 32.2. The number of nitrogens with zero attached hydrogens (tertiary/aromatic N) is 1. The fraction of sp³-hybridized carbons (Fsp3) is 0.387. The number of fused-ring (bicyclic) bond motifs is 9. The minimum Gasteiger partial charge on any atom is -0.497 e. The Bertz CT molecular complexity index is 1770. The fourth-order valence-electron chi connectivity index (χ4n) is 7.75. The van der Waals surface area contributed by atoms with Gasteiger partial charge in [-0.2, -0.15) is 0 Å². The number of anilines is 1. The normalized spacial score (nSPS) is 27.5. The van der Waals surface area contributed by atoms with Crippen molar-refractivity contribution in [1.29, 1.82) is 0 Å². The summed E-state index contributed by atoms with van der Waals surface area (Å²) in [6.45, 7) is -0.890. The number of thiazole rings is 1. The summed E-state index contributed by atoms with van der Waals surface area (Å²) in [6, 6.07) is 12.4. The molecule has 3 heterocycles. The number of amides is 3. The van der Waals surface area contributed by atoms with E-state index in [9.17, 15) is 29.1 Å². The number of likely N-dealkylation sites (tertiary alicyclic amines) is 1. The zero-order chi connectivity index (χ0) is 31.6. The summed E-state index contributed by atoms with van der Waals surface area (Å²) in [7, 11) is 3.07. The number of aromatic nitrogens is 1. The highest BCUT2D eigenvalue weighted by Gasteiger charge is 2.69. The number of aliphatic carboxylic acids is 1. The van der Waals surface area contributed by atoms with Crippen LogP contribution < -0.4 is 24.4 Å². The molecular weight excluding hydrogens is 622 g/mol. The third-order valence-electron chi connectivity index (χ3n) is 9.39. The second-order valence-corrected chi connectivity index (χ2v) is 13.8. The molecule has 3 fully saturated rings. The van der Waals surface area contributed by atoms with Crippen LogP contribution in [0.2, 0.25) is 0 Å². The predicted octanol–water partition coefficient (Wildman–Crippen LogP) is 3.03. The number of aromatic amines is 1. The minimum absolute atomic E-state index is 0.0379. The smallest absolute Gasteiger partial charge is 0.323 e. The van der Waals surface area contributed by atoms with Crippen LogP contribution in [0.3, 0.4) is 0 Å². The molecule has 234 valence electrons. The summed E-state index contributed by atoms with van der Waals surface area (Å²) in [5, 5.41) is 12.8. The SMILES string of the molecule is COc1ccc(NC(=O)COc2ccc([C@H]3c4sc(=O)[nH]c4SC4C5CC(C6C(=O)N(CC(=O)O)C(=O)C56)C43)cc2OC)cc1. The standard InChI is InChI=1S/C31H29N3O9S2/c1-41-15-6-4-14(5-7-15)32-20(35)12-43-18-8-3-13(9-19(18)42-2)22-23-16-10-17(26(23)44-28-27(22)45-31(40)33-28)25-24(16)29(38)34(30(25)39)11-21(36)37/h3-9,16-17,22-26H,10-12H2,1-2H3,(H,32,35)(H,33,40)(H,36,37)/t16?,17?,22-,23?,24?,25?,26?/m1/s1. The molecule has 0 radical (unpaired) electrons. The molecule has 6 unspecified atom stereocenters. The molecule has 45 heavy (non-hydrogen) atoms. The Hall–Kier alpha value is -4.30. The third-order valence-corrected chi connectivity index (χ3v) is 12.0. The quantitative estimate of drug-likeness (QED) is 0.293. The Morgan fingerprint density at radius 2 is 1.73 bits per heavy atom. The first-order valence-electron chi connectivity index (χ1n) is 14.4. The number of nitrogens with one attached hydrogen (secondary N) is 2. The monoisotopic (exact) mass is 651 g/mol. The summed E-state index contributed by atoms with van der Waals surface area (Å²) in [5.41, 5.74) is 1.45. The van der Waals surface area contributed by atoms with E-state index in [4.69, 9.17) is 14.2 Å². The molecule has 7 atom stereocenters. The number of carboxylic acid groups (broad SMARTS) is 1. The number of thioether (sulfide) groups is 1. The zero-order valence-corrected chi connectivity index (χ0v) is 25.8. The highest BCUT2D eigenvalue weighted by molar-refractivity contribution is 8.00. The van der Waals surface area contributed by atoms with Crippen molar-refractivity contribution < 1.29 is 38.5 Å². The van der Waals surface area contributed by atoms with E-state index < -0.39 is 36.2 Å². The Morgan fingerprint density at radius 1 is 1.00 bits per heavy atom. The number of hydrogen-bond donors (Lipinski definition) is 3. The van der Waals surface area contributed by atoms with Crippen LogP contribution in [0.5, 0.6) is 17.2 Å². The van der Waals surface area contributed by atoms with Crippen molar-refractivity contribution in [3.05, 3.63) is 62.6 Å². The largest absolute Gasteiger partial charge is 0.497 e. The van der Waals surface area contributed by atoms with Crippen LogP contribution in [0, 0.1) is 29.6 Å². The Labute approximate surface area is 265 Å². The molecular formula is C31H29N3O9S2. The second-order valence-electron chi connectivity index (χ2n) is 11.6. The molecule has 2 aliphatic heterocycles. The molecule has 14 heteroatoms. The number of benzene rings is 2. The minimum atomic E-state index is -1.22. The second kappa shape index (κ2) is 11.2. The molecule has 12 nitrogen and oxygen atoms in total. The van der Waals surface area contributed by atoms with Gasteiger partial charge in [0.2, 0.25) is 11.8 Å². The molecule has 7 rings (SSSR count). The Balaban J connectivity index is 1.16. The first kappa shape index (κ1) is 29.4. The number of imide groups is 1. The number of carbonyl (C=O) groups excluding carboxylic acids is 3. The summed E-state index contributed by atoms with van der Waals surface area (Å²) < 4.78 is 16.6. The number of H-pyrrole nitrogens is 1. The molecule has 4 aliphatic rings. The van der Waals surface area contributed by atoms with E-state index in [1.54, 1.807) is 49.2 Å². The molecule has 2 aromatic carbocycles. The first-order valence-corrected chi connectivity index (χ1v) is 16.1. The van der Waals surface area contributed by atoms with Crippen LogP contribution in [-0.2, 0) is 19.2 Å². The molecule has 2 saturated carbocycles. The number of carbonyl (C=O) groups is 4. The van der Waals surface area contributed by atoms with Crippen LogP contribution in [0.4, 0.5) is 5.69 Å². The van der Waals surface area contributed by atoms with Gasteiger partial charge in [-0.15, -0.1) is 11.8 Å². The first-order chi connectivity index (χ1) is 21.7. The number of methoxy groups -OCH3 is 2. The van der Waals surface area contributed by atoms with Gasteiger partial charge in [-0.25, -0.2) is 0 Å². The van der Waals surface area contributed by atoms with Gasteiger partial charge in [0.1, 0.15) is 12.3 Å². The number of hydrogen-bond acceptors (Lipinski definition) is 10. The van der Waals surface area contributed by atoms with Crippen molar-refractivity contribution in [3.8, 4) is 17.2 Å². The van der Waals surface area contributed by atoms with Crippen LogP contribution in [0.1, 0.15) is 22.8 Å². The van der Waals surface area contributed by atoms with Gasteiger partial charge in [0, 0.05) is 21.7 Å². The molecule has 2 bridgehead atoms. The average Bonchev–Trinajstić information content (AvgIpc) is 3.76. The maximum absolute atomic E-state index is 13.4. The molecule has 3 amide bonds. The molecule has 3 N–H and O–H groups in total. The maximum Gasteiger partial charge on any atom is 0.323 e. The van der Waals surface area contributed by atoms with Crippen molar-refractivity contribution in [1.82, 2.24) is 9.88 Å². The third kappa shape index (κ3) is 4.86. The predicted molar refractivity (Wildman–Crippen MR) is 163 cm³/mol. The van der Waals surface area contributed by atoms with Crippen LogP contribution in [-0.4, -0.2) is 71.3 Å². The summed E-state index contributed by atoms with van der Waals surface area (Å²) in [4.78, 5) is 67.8. The lowest BCUT2D eigenvalue weighted by Gasteiger charge is -2.43. The van der Waals surface area contributed by atoms with E-state index in [1.807, 2.05) is 12.1 Å². The van der Waals surface area contributed by atoms with Crippen molar-refractivity contribution >= 4 is 52.5 Å². The van der Waals surface area contributed by atoms with Crippen LogP contribution in [0.25, 0.3) is 0 Å².